The van der Waals surface area contributed by atoms with Crippen molar-refractivity contribution < 1.29 is 4.79 Å². The van der Waals surface area contributed by atoms with Gasteiger partial charge in [0.15, 0.2) is 10.8 Å². The van der Waals surface area contributed by atoms with Gasteiger partial charge in [0.2, 0.25) is 5.95 Å². The predicted octanol–water partition coefficient (Wildman–Crippen LogP) is 1.70. The molecule has 2 aliphatic rings. The number of carbonyl (C=O) groups excluding carboxylic acids is 1. The van der Waals surface area contributed by atoms with Crippen LogP contribution in [0.25, 0.3) is 0 Å². The molecule has 0 spiro atoms. The first-order valence-corrected chi connectivity index (χ1v) is 9.08. The molecule has 2 saturated heterocycles. The number of anilines is 2. The summed E-state index contributed by atoms with van der Waals surface area (Å²) in [7, 11) is 0. The van der Waals surface area contributed by atoms with Gasteiger partial charge < -0.3 is 9.80 Å². The zero-order valence-electron chi connectivity index (χ0n) is 14.5. The van der Waals surface area contributed by atoms with Crippen molar-refractivity contribution in [1.82, 2.24) is 25.1 Å². The molecule has 2 aromatic heterocycles. The van der Waals surface area contributed by atoms with E-state index in [1.165, 1.54) is 0 Å². The first-order chi connectivity index (χ1) is 13.2. The Kier molecular flexibility index (Phi) is 4.73. The van der Waals surface area contributed by atoms with Crippen LogP contribution in [0, 0.1) is 11.3 Å². The molecule has 0 saturated carbocycles. The Morgan fingerprint density at radius 1 is 1.26 bits per heavy atom. The number of nitrogens with zero attached hydrogens (tertiary/aromatic N) is 8. The highest BCUT2D eigenvalue weighted by Gasteiger charge is 2.37. The van der Waals surface area contributed by atoms with E-state index in [1.807, 2.05) is 28.0 Å². The lowest BCUT2D eigenvalue weighted by molar-refractivity contribution is 0.191. The molecule has 2 aliphatic heterocycles. The number of amides is 2. The van der Waals surface area contributed by atoms with Crippen LogP contribution < -0.4 is 9.80 Å². The van der Waals surface area contributed by atoms with Crippen LogP contribution in [0.4, 0.5) is 16.4 Å². The molecule has 4 rings (SSSR count). The Morgan fingerprint density at radius 3 is 2.89 bits per heavy atom. The number of halogens is 1. The number of hydrogen-bond donors (Lipinski definition) is 0. The zero-order chi connectivity index (χ0) is 18.8. The monoisotopic (exact) mass is 384 g/mol. The van der Waals surface area contributed by atoms with Crippen LogP contribution in [0.5, 0.6) is 0 Å². The second kappa shape index (κ2) is 7.32. The maximum Gasteiger partial charge on any atom is 0.324 e. The smallest absolute Gasteiger partial charge is 0.324 e. The van der Waals surface area contributed by atoms with Crippen LogP contribution in [-0.2, 0) is 0 Å². The predicted molar refractivity (Wildman–Crippen MR) is 98.5 cm³/mol. The lowest BCUT2D eigenvalue weighted by atomic mass is 10.0. The average molecular weight is 385 g/mol. The molecule has 2 amide bonds. The van der Waals surface area contributed by atoms with Crippen LogP contribution in [0.1, 0.15) is 18.5 Å². The number of nitriles is 1. The van der Waals surface area contributed by atoms with Gasteiger partial charge in [0.05, 0.1) is 17.9 Å². The van der Waals surface area contributed by atoms with Gasteiger partial charge in [-0.25, -0.2) is 4.79 Å². The van der Waals surface area contributed by atoms with Crippen molar-refractivity contribution in [3.8, 4) is 6.07 Å². The quantitative estimate of drug-likeness (QED) is 0.793. The minimum Gasteiger partial charge on any atom is -0.337 e. The summed E-state index contributed by atoms with van der Waals surface area (Å²) in [6.07, 6.45) is 5.22. The van der Waals surface area contributed by atoms with Gasteiger partial charge in [0, 0.05) is 32.4 Å². The first kappa shape index (κ1) is 17.4. The van der Waals surface area contributed by atoms with E-state index < -0.39 is 0 Å². The second-order valence-corrected chi connectivity index (χ2v) is 6.80. The minimum atomic E-state index is -0.00763. The van der Waals surface area contributed by atoms with E-state index in [0.29, 0.717) is 25.6 Å². The second-order valence-electron chi connectivity index (χ2n) is 6.44. The molecule has 4 heterocycles. The van der Waals surface area contributed by atoms with Gasteiger partial charge in [-0.15, -0.1) is 10.2 Å². The Morgan fingerprint density at radius 2 is 2.15 bits per heavy atom. The highest BCUT2D eigenvalue weighted by molar-refractivity contribution is 6.30. The van der Waals surface area contributed by atoms with Gasteiger partial charge >= 0.3 is 6.03 Å². The molecule has 2 fully saturated rings. The van der Waals surface area contributed by atoms with Gasteiger partial charge in [-0.05, 0) is 25.0 Å². The number of urea groups is 1. The normalized spacial score (nSPS) is 20.1. The van der Waals surface area contributed by atoms with E-state index in [-0.39, 0.29) is 22.9 Å². The minimum absolute atomic E-state index is 0.00763. The number of rotatable bonds is 3. The van der Waals surface area contributed by atoms with E-state index in [4.69, 9.17) is 16.9 Å². The van der Waals surface area contributed by atoms with Crippen LogP contribution in [0.3, 0.4) is 0 Å². The van der Waals surface area contributed by atoms with E-state index in [0.717, 1.165) is 25.1 Å². The van der Waals surface area contributed by atoms with E-state index in [9.17, 15) is 4.79 Å². The molecule has 0 bridgehead atoms. The van der Waals surface area contributed by atoms with Crippen molar-refractivity contribution in [3.05, 3.63) is 35.4 Å². The summed E-state index contributed by atoms with van der Waals surface area (Å²) < 4.78 is 0. The molecule has 138 valence electrons. The van der Waals surface area contributed by atoms with E-state index >= 15 is 0 Å². The molecule has 1 unspecified atom stereocenters. The van der Waals surface area contributed by atoms with Crippen LogP contribution >= 0.6 is 11.6 Å². The third-order valence-electron chi connectivity index (χ3n) is 4.86. The largest absolute Gasteiger partial charge is 0.337 e. The molecule has 2 aromatic rings. The lowest BCUT2D eigenvalue weighted by Crippen LogP contribution is -2.50. The Labute approximate surface area is 161 Å². The number of piperidine rings is 1. The number of hydrogen-bond acceptors (Lipinski definition) is 7. The summed E-state index contributed by atoms with van der Waals surface area (Å²) >= 11 is 5.98. The summed E-state index contributed by atoms with van der Waals surface area (Å²) in [4.78, 5) is 26.8. The maximum atomic E-state index is 12.9. The summed E-state index contributed by atoms with van der Waals surface area (Å²) in [6.45, 7) is 2.67. The summed E-state index contributed by atoms with van der Waals surface area (Å²) in [6, 6.07) is 5.62. The molecule has 1 atom stereocenters. The fourth-order valence-corrected chi connectivity index (χ4v) is 3.69. The first-order valence-electron chi connectivity index (χ1n) is 8.71. The van der Waals surface area contributed by atoms with E-state index in [1.54, 1.807) is 17.3 Å². The number of carbonyl (C=O) groups is 1. The number of aromatic nitrogens is 4. The maximum absolute atomic E-state index is 12.9. The molecule has 0 radical (unpaired) electrons. The Balaban J connectivity index is 1.48. The fourth-order valence-electron chi connectivity index (χ4n) is 3.54. The van der Waals surface area contributed by atoms with Crippen LogP contribution in [-0.4, -0.2) is 63.3 Å². The summed E-state index contributed by atoms with van der Waals surface area (Å²) in [5.41, 5.74) is 0.819. The average Bonchev–Trinajstić information content (AvgIpc) is 3.10. The van der Waals surface area contributed by atoms with Crippen LogP contribution in [0.2, 0.25) is 5.15 Å². The van der Waals surface area contributed by atoms with Crippen molar-refractivity contribution >= 4 is 29.3 Å². The Hall–Kier alpha value is -2.99. The zero-order valence-corrected chi connectivity index (χ0v) is 15.2. The summed E-state index contributed by atoms with van der Waals surface area (Å²) in [5.74, 6) is 0.388. The number of pyridine rings is 1. The van der Waals surface area contributed by atoms with Gasteiger partial charge in [-0.3, -0.25) is 9.88 Å². The molecule has 10 heteroatoms. The topological polar surface area (TPSA) is 102 Å². The summed E-state index contributed by atoms with van der Waals surface area (Å²) in [5, 5.41) is 16.8. The van der Waals surface area contributed by atoms with Crippen molar-refractivity contribution in [2.24, 2.45) is 0 Å². The van der Waals surface area contributed by atoms with Gasteiger partial charge in [-0.1, -0.05) is 11.6 Å². The van der Waals surface area contributed by atoms with E-state index in [2.05, 4.69) is 20.2 Å². The highest BCUT2D eigenvalue weighted by atomic mass is 35.5. The Bertz CT molecular complexity index is 886. The molecule has 9 nitrogen and oxygen atoms in total. The molecule has 27 heavy (non-hydrogen) atoms. The SMILES string of the molecule is N#Cc1nnc(N2CCCC(N3CCN(c4cccnc4)C3=O)C2)nc1Cl. The van der Waals surface area contributed by atoms with Gasteiger partial charge in [0.25, 0.3) is 0 Å². The lowest BCUT2D eigenvalue weighted by Gasteiger charge is -2.37. The van der Waals surface area contributed by atoms with Gasteiger partial charge in [0.1, 0.15) is 6.07 Å². The van der Waals surface area contributed by atoms with Crippen molar-refractivity contribution in [1.29, 1.82) is 5.26 Å². The van der Waals surface area contributed by atoms with Gasteiger partial charge in [-0.2, -0.15) is 10.2 Å². The van der Waals surface area contributed by atoms with Crippen molar-refractivity contribution in [2.75, 3.05) is 36.0 Å². The third kappa shape index (κ3) is 3.36. The highest BCUT2D eigenvalue weighted by Crippen LogP contribution is 2.26. The molecule has 0 aromatic carbocycles. The molecule has 0 aliphatic carbocycles. The van der Waals surface area contributed by atoms with Crippen molar-refractivity contribution in [3.63, 3.8) is 0 Å². The third-order valence-corrected chi connectivity index (χ3v) is 5.12. The van der Waals surface area contributed by atoms with Crippen LogP contribution in [0.15, 0.2) is 24.5 Å². The van der Waals surface area contributed by atoms with Crippen molar-refractivity contribution in [2.45, 2.75) is 18.9 Å². The molecule has 0 N–H and O–H groups in total. The molecular formula is C17H17ClN8O. The molecular weight excluding hydrogens is 368 g/mol. The standard InChI is InChI=1S/C17H17ClN8O/c18-15-14(9-19)22-23-16(21-15)24-6-2-4-13(11-24)26-8-7-25(17(26)27)12-3-1-5-20-10-12/h1,3,5,10,13H,2,4,6-8,11H2. The fraction of sp³-hybridized carbons (Fsp3) is 0.412.